The Kier molecular flexibility index (Phi) is 4.22. The van der Waals surface area contributed by atoms with Crippen LogP contribution < -0.4 is 5.73 Å². The second-order valence-electron chi connectivity index (χ2n) is 5.27. The van der Waals surface area contributed by atoms with E-state index < -0.39 is 6.10 Å². The Morgan fingerprint density at radius 3 is 2.61 bits per heavy atom. The topological polar surface area (TPSA) is 52.7 Å². The molecule has 100 valence electrons. The quantitative estimate of drug-likeness (QED) is 0.783. The van der Waals surface area contributed by atoms with Gasteiger partial charge in [-0.2, -0.15) is 0 Å². The Morgan fingerprint density at radius 1 is 1.33 bits per heavy atom. The highest BCUT2D eigenvalue weighted by Gasteiger charge is 2.22. The number of aliphatic hydroxyl groups is 1. The van der Waals surface area contributed by atoms with Gasteiger partial charge in [-0.3, -0.25) is 4.90 Å². The molecular weight excluding hydrogens is 226 g/mol. The van der Waals surface area contributed by atoms with Gasteiger partial charge >= 0.3 is 0 Å². The zero-order valence-electron chi connectivity index (χ0n) is 11.2. The van der Waals surface area contributed by atoms with E-state index in [9.17, 15) is 5.11 Å². The first-order chi connectivity index (χ1) is 8.56. The van der Waals surface area contributed by atoms with Crippen LogP contribution in [0.2, 0.25) is 0 Å². The van der Waals surface area contributed by atoms with E-state index in [1.165, 1.54) is 0 Å². The molecular formula is C14H23N3O. The van der Waals surface area contributed by atoms with Crippen molar-refractivity contribution in [3.05, 3.63) is 29.8 Å². The Labute approximate surface area is 109 Å². The first kappa shape index (κ1) is 13.3. The first-order valence-electron chi connectivity index (χ1n) is 6.52. The lowest BCUT2D eigenvalue weighted by atomic mass is 10.1. The van der Waals surface area contributed by atoms with Gasteiger partial charge in [-0.25, -0.2) is 0 Å². The summed E-state index contributed by atoms with van der Waals surface area (Å²) in [5.41, 5.74) is 7.32. The van der Waals surface area contributed by atoms with Crippen molar-refractivity contribution in [2.45, 2.75) is 19.1 Å². The number of rotatable bonds is 3. The van der Waals surface area contributed by atoms with Crippen LogP contribution in [0.15, 0.2) is 24.3 Å². The molecule has 1 heterocycles. The number of nitrogens with zero attached hydrogens (tertiary/aromatic N) is 2. The van der Waals surface area contributed by atoms with Crippen LogP contribution in [0.5, 0.6) is 0 Å². The smallest absolute Gasteiger partial charge is 0.0916 e. The predicted molar refractivity (Wildman–Crippen MR) is 74.3 cm³/mol. The lowest BCUT2D eigenvalue weighted by Crippen LogP contribution is -2.50. The van der Waals surface area contributed by atoms with Crippen molar-refractivity contribution in [2.75, 3.05) is 39.0 Å². The van der Waals surface area contributed by atoms with Gasteiger partial charge in [0.05, 0.1) is 6.10 Å². The van der Waals surface area contributed by atoms with Crippen molar-refractivity contribution in [3.63, 3.8) is 0 Å². The molecule has 2 atom stereocenters. The van der Waals surface area contributed by atoms with Crippen LogP contribution in [0.3, 0.4) is 0 Å². The lowest BCUT2D eigenvalue weighted by molar-refractivity contribution is 0.0568. The molecule has 4 nitrogen and oxygen atoms in total. The van der Waals surface area contributed by atoms with Gasteiger partial charge in [0.15, 0.2) is 0 Å². The van der Waals surface area contributed by atoms with Crippen LogP contribution in [-0.2, 0) is 0 Å². The summed E-state index contributed by atoms with van der Waals surface area (Å²) in [5, 5.41) is 10.2. The summed E-state index contributed by atoms with van der Waals surface area (Å²) in [6.45, 7) is 6.02. The zero-order valence-corrected chi connectivity index (χ0v) is 11.2. The number of aliphatic hydroxyl groups excluding tert-OH is 1. The molecule has 2 rings (SSSR count). The molecule has 0 bridgehead atoms. The van der Waals surface area contributed by atoms with E-state index in [-0.39, 0.29) is 0 Å². The number of nitrogen functional groups attached to an aromatic ring is 1. The van der Waals surface area contributed by atoms with E-state index in [0.29, 0.717) is 12.6 Å². The molecule has 0 aromatic heterocycles. The molecule has 2 unspecified atom stereocenters. The van der Waals surface area contributed by atoms with Crippen molar-refractivity contribution in [3.8, 4) is 0 Å². The van der Waals surface area contributed by atoms with Crippen molar-refractivity contribution >= 4 is 5.69 Å². The lowest BCUT2D eigenvalue weighted by Gasteiger charge is -2.38. The maximum atomic E-state index is 10.2. The van der Waals surface area contributed by atoms with Crippen LogP contribution in [0, 0.1) is 0 Å². The summed E-state index contributed by atoms with van der Waals surface area (Å²) in [4.78, 5) is 4.68. The Hall–Kier alpha value is -1.10. The van der Waals surface area contributed by atoms with Gasteiger partial charge in [-0.05, 0) is 31.7 Å². The molecule has 0 radical (unpaired) electrons. The maximum absolute atomic E-state index is 10.2. The molecule has 3 N–H and O–H groups in total. The molecule has 18 heavy (non-hydrogen) atoms. The number of anilines is 1. The minimum absolute atomic E-state index is 0.429. The van der Waals surface area contributed by atoms with E-state index >= 15 is 0 Å². The SMILES string of the molecule is CC1CN(CC(O)c2ccc(N)cc2)CCN1C. The molecule has 4 heteroatoms. The molecule has 0 aliphatic carbocycles. The molecule has 1 aromatic rings. The highest BCUT2D eigenvalue weighted by Crippen LogP contribution is 2.17. The largest absolute Gasteiger partial charge is 0.399 e. The van der Waals surface area contributed by atoms with Gasteiger partial charge < -0.3 is 15.7 Å². The van der Waals surface area contributed by atoms with Crippen LogP contribution in [0.1, 0.15) is 18.6 Å². The second kappa shape index (κ2) is 5.69. The third-order valence-electron chi connectivity index (χ3n) is 3.80. The van der Waals surface area contributed by atoms with Crippen LogP contribution in [-0.4, -0.2) is 54.2 Å². The van der Waals surface area contributed by atoms with Crippen LogP contribution >= 0.6 is 0 Å². The third-order valence-corrected chi connectivity index (χ3v) is 3.80. The molecule has 0 spiro atoms. The summed E-state index contributed by atoms with van der Waals surface area (Å²) < 4.78 is 0. The molecule has 1 aliphatic rings. The van der Waals surface area contributed by atoms with Gasteiger partial charge in [0.25, 0.3) is 0 Å². The Balaban J connectivity index is 1.91. The minimum atomic E-state index is -0.429. The average Bonchev–Trinajstić information content (AvgIpc) is 2.34. The second-order valence-corrected chi connectivity index (χ2v) is 5.27. The van der Waals surface area contributed by atoms with Gasteiger partial charge in [0.1, 0.15) is 0 Å². The molecule has 1 aromatic carbocycles. The zero-order chi connectivity index (χ0) is 13.1. The normalized spacial score (nSPS) is 24.1. The van der Waals surface area contributed by atoms with Gasteiger partial charge in [-0.15, -0.1) is 0 Å². The van der Waals surface area contributed by atoms with Gasteiger partial charge in [-0.1, -0.05) is 12.1 Å². The summed E-state index contributed by atoms with van der Waals surface area (Å²) in [7, 11) is 2.15. The summed E-state index contributed by atoms with van der Waals surface area (Å²) in [6, 6.07) is 8.03. The standard InChI is InChI=1S/C14H23N3O/c1-11-9-17(8-7-16(11)2)10-14(18)12-3-5-13(15)6-4-12/h3-6,11,14,18H,7-10,15H2,1-2H3. The predicted octanol–water partition coefficient (Wildman–Crippen LogP) is 0.938. The Bertz CT molecular complexity index is 379. The number of nitrogens with two attached hydrogens (primary N) is 1. The number of β-amino-alcohol motifs (C(OH)–C–C–N with tert-alkyl or cyclic N) is 1. The van der Waals surface area contributed by atoms with Crippen LogP contribution in [0.4, 0.5) is 5.69 Å². The van der Waals surface area contributed by atoms with Crippen molar-refractivity contribution in [1.82, 2.24) is 9.80 Å². The van der Waals surface area contributed by atoms with E-state index in [0.717, 1.165) is 30.9 Å². The highest BCUT2D eigenvalue weighted by molar-refractivity contribution is 5.39. The monoisotopic (exact) mass is 249 g/mol. The maximum Gasteiger partial charge on any atom is 0.0916 e. The van der Waals surface area contributed by atoms with Crippen LogP contribution in [0.25, 0.3) is 0 Å². The van der Waals surface area contributed by atoms with E-state index in [1.54, 1.807) is 0 Å². The number of benzene rings is 1. The molecule has 0 saturated carbocycles. The first-order valence-corrected chi connectivity index (χ1v) is 6.52. The number of hydrogen-bond donors (Lipinski definition) is 2. The van der Waals surface area contributed by atoms with Gasteiger partial charge in [0, 0.05) is 37.9 Å². The van der Waals surface area contributed by atoms with Crippen molar-refractivity contribution in [2.24, 2.45) is 0 Å². The Morgan fingerprint density at radius 2 is 2.00 bits per heavy atom. The minimum Gasteiger partial charge on any atom is -0.399 e. The van der Waals surface area contributed by atoms with E-state index in [2.05, 4.69) is 23.8 Å². The molecule has 1 fully saturated rings. The number of piperazine rings is 1. The fourth-order valence-corrected chi connectivity index (χ4v) is 2.36. The summed E-state index contributed by atoms with van der Waals surface area (Å²) >= 11 is 0. The fourth-order valence-electron chi connectivity index (χ4n) is 2.36. The van der Waals surface area contributed by atoms with Crippen molar-refractivity contribution in [1.29, 1.82) is 0 Å². The number of hydrogen-bond acceptors (Lipinski definition) is 4. The third kappa shape index (κ3) is 3.22. The summed E-state index contributed by atoms with van der Waals surface area (Å²) in [6.07, 6.45) is -0.429. The van der Waals surface area contributed by atoms with E-state index in [1.807, 2.05) is 24.3 Å². The van der Waals surface area contributed by atoms with E-state index in [4.69, 9.17) is 5.73 Å². The van der Waals surface area contributed by atoms with Crippen molar-refractivity contribution < 1.29 is 5.11 Å². The molecule has 1 saturated heterocycles. The number of likely N-dealkylation sites (N-methyl/N-ethyl adjacent to an activating group) is 1. The fraction of sp³-hybridized carbons (Fsp3) is 0.571. The highest BCUT2D eigenvalue weighted by atomic mass is 16.3. The molecule has 0 amide bonds. The van der Waals surface area contributed by atoms with Gasteiger partial charge in [0.2, 0.25) is 0 Å². The molecule has 1 aliphatic heterocycles. The average molecular weight is 249 g/mol. The summed E-state index contributed by atoms with van der Waals surface area (Å²) in [5.74, 6) is 0.